The normalized spacial score (nSPS) is 12.2. The molecule has 2 N–H and O–H groups in total. The lowest BCUT2D eigenvalue weighted by atomic mass is 10.3. The van der Waals surface area contributed by atoms with Crippen molar-refractivity contribution in [2.45, 2.75) is 13.0 Å². The summed E-state index contributed by atoms with van der Waals surface area (Å²) in [4.78, 5) is 12.1. The summed E-state index contributed by atoms with van der Waals surface area (Å²) in [5, 5.41) is 13.2. The standard InChI is InChI=1S/C9H13NO3S/c1-6(5-11)10-9(12)8-7(13-2)3-4-14-8/h3-4,6,11H,5H2,1-2H3,(H,10,12). The lowest BCUT2D eigenvalue weighted by molar-refractivity contribution is 0.0923. The third-order valence-electron chi connectivity index (χ3n) is 1.71. The van der Waals surface area contributed by atoms with E-state index in [1.165, 1.54) is 18.4 Å². The summed E-state index contributed by atoms with van der Waals surface area (Å²) >= 11 is 1.32. The van der Waals surface area contributed by atoms with E-state index in [0.717, 1.165) is 0 Å². The summed E-state index contributed by atoms with van der Waals surface area (Å²) in [5.41, 5.74) is 0. The topological polar surface area (TPSA) is 58.6 Å². The van der Waals surface area contributed by atoms with Crippen molar-refractivity contribution in [3.63, 3.8) is 0 Å². The highest BCUT2D eigenvalue weighted by molar-refractivity contribution is 7.12. The van der Waals surface area contributed by atoms with Crippen LogP contribution in [-0.4, -0.2) is 30.8 Å². The van der Waals surface area contributed by atoms with Crippen molar-refractivity contribution in [2.75, 3.05) is 13.7 Å². The van der Waals surface area contributed by atoms with Crippen LogP contribution in [0, 0.1) is 0 Å². The average molecular weight is 215 g/mol. The van der Waals surface area contributed by atoms with Gasteiger partial charge in [0.1, 0.15) is 10.6 Å². The van der Waals surface area contributed by atoms with Crippen molar-refractivity contribution < 1.29 is 14.6 Å². The predicted molar refractivity (Wildman–Crippen MR) is 54.9 cm³/mol. The summed E-state index contributed by atoms with van der Waals surface area (Å²) < 4.78 is 5.01. The maximum Gasteiger partial charge on any atom is 0.265 e. The van der Waals surface area contributed by atoms with Gasteiger partial charge in [-0.2, -0.15) is 0 Å². The van der Waals surface area contributed by atoms with Gasteiger partial charge in [0.15, 0.2) is 0 Å². The minimum absolute atomic E-state index is 0.0700. The summed E-state index contributed by atoms with van der Waals surface area (Å²) in [6.07, 6.45) is 0. The Hall–Kier alpha value is -1.07. The van der Waals surface area contributed by atoms with E-state index >= 15 is 0 Å². The molecular weight excluding hydrogens is 202 g/mol. The van der Waals surface area contributed by atoms with E-state index in [9.17, 15) is 4.79 Å². The first kappa shape index (κ1) is 11.0. The highest BCUT2D eigenvalue weighted by Crippen LogP contribution is 2.23. The molecule has 0 spiro atoms. The monoisotopic (exact) mass is 215 g/mol. The van der Waals surface area contributed by atoms with Crippen molar-refractivity contribution in [3.8, 4) is 5.75 Å². The molecule has 1 aromatic rings. The van der Waals surface area contributed by atoms with Crippen LogP contribution < -0.4 is 10.1 Å². The van der Waals surface area contributed by atoms with Gasteiger partial charge < -0.3 is 15.2 Å². The largest absolute Gasteiger partial charge is 0.495 e. The summed E-state index contributed by atoms with van der Waals surface area (Å²) in [5.74, 6) is 0.357. The molecule has 1 amide bonds. The SMILES string of the molecule is COc1ccsc1C(=O)NC(C)CO. The molecule has 1 aromatic heterocycles. The predicted octanol–water partition coefficient (Wildman–Crippen LogP) is 0.867. The zero-order valence-electron chi connectivity index (χ0n) is 8.11. The second kappa shape index (κ2) is 4.97. The van der Waals surface area contributed by atoms with E-state index in [0.29, 0.717) is 10.6 Å². The molecule has 1 rings (SSSR count). The highest BCUT2D eigenvalue weighted by Gasteiger charge is 2.15. The molecule has 0 aromatic carbocycles. The van der Waals surface area contributed by atoms with Crippen LogP contribution in [0.25, 0.3) is 0 Å². The Bertz CT molecular complexity index is 311. The minimum Gasteiger partial charge on any atom is -0.495 e. The van der Waals surface area contributed by atoms with E-state index in [2.05, 4.69) is 5.32 Å². The van der Waals surface area contributed by atoms with Gasteiger partial charge in [0.05, 0.1) is 13.7 Å². The second-order valence-electron chi connectivity index (χ2n) is 2.88. The molecule has 1 unspecified atom stereocenters. The molecule has 0 bridgehead atoms. The van der Waals surface area contributed by atoms with Crippen LogP contribution in [0.3, 0.4) is 0 Å². The van der Waals surface area contributed by atoms with Gasteiger partial charge >= 0.3 is 0 Å². The first-order chi connectivity index (χ1) is 6.69. The Balaban J connectivity index is 2.69. The van der Waals surface area contributed by atoms with Gasteiger partial charge in [-0.3, -0.25) is 4.79 Å². The zero-order valence-corrected chi connectivity index (χ0v) is 8.93. The van der Waals surface area contributed by atoms with E-state index in [-0.39, 0.29) is 18.6 Å². The quantitative estimate of drug-likeness (QED) is 0.783. The lowest BCUT2D eigenvalue weighted by Gasteiger charge is -2.10. The number of aliphatic hydroxyl groups is 1. The fourth-order valence-corrected chi connectivity index (χ4v) is 1.72. The summed E-state index contributed by atoms with van der Waals surface area (Å²) in [6, 6.07) is 1.50. The molecule has 1 heterocycles. The van der Waals surface area contributed by atoms with Crippen molar-refractivity contribution >= 4 is 17.2 Å². The number of hydrogen-bond acceptors (Lipinski definition) is 4. The maximum atomic E-state index is 11.6. The molecule has 0 aliphatic rings. The number of carbonyl (C=O) groups is 1. The molecule has 4 nitrogen and oxygen atoms in total. The van der Waals surface area contributed by atoms with Crippen LogP contribution in [0.5, 0.6) is 5.75 Å². The zero-order chi connectivity index (χ0) is 10.6. The van der Waals surface area contributed by atoms with Gasteiger partial charge in [0.25, 0.3) is 5.91 Å². The number of rotatable bonds is 4. The van der Waals surface area contributed by atoms with Crippen LogP contribution >= 0.6 is 11.3 Å². The number of thiophene rings is 1. The van der Waals surface area contributed by atoms with E-state index in [1.807, 2.05) is 0 Å². The highest BCUT2D eigenvalue weighted by atomic mass is 32.1. The first-order valence-corrected chi connectivity index (χ1v) is 5.10. The van der Waals surface area contributed by atoms with E-state index in [4.69, 9.17) is 9.84 Å². The Morgan fingerprint density at radius 3 is 3.07 bits per heavy atom. The number of carbonyl (C=O) groups excluding carboxylic acids is 1. The third-order valence-corrected chi connectivity index (χ3v) is 2.60. The van der Waals surface area contributed by atoms with Crippen molar-refractivity contribution in [1.29, 1.82) is 0 Å². The minimum atomic E-state index is -0.241. The lowest BCUT2D eigenvalue weighted by Crippen LogP contribution is -2.34. The third kappa shape index (κ3) is 2.46. The number of ether oxygens (including phenoxy) is 1. The van der Waals surface area contributed by atoms with Crippen molar-refractivity contribution in [2.24, 2.45) is 0 Å². The number of amides is 1. The fourth-order valence-electron chi connectivity index (χ4n) is 0.959. The Morgan fingerprint density at radius 2 is 2.50 bits per heavy atom. The van der Waals surface area contributed by atoms with E-state index in [1.54, 1.807) is 18.4 Å². The molecule has 78 valence electrons. The van der Waals surface area contributed by atoms with Gasteiger partial charge in [-0.05, 0) is 18.4 Å². The van der Waals surface area contributed by atoms with Gasteiger partial charge in [-0.1, -0.05) is 0 Å². The van der Waals surface area contributed by atoms with Gasteiger partial charge in [-0.15, -0.1) is 11.3 Å². The number of nitrogens with one attached hydrogen (secondary N) is 1. The summed E-state index contributed by atoms with van der Waals surface area (Å²) in [7, 11) is 1.52. The first-order valence-electron chi connectivity index (χ1n) is 4.22. The number of hydrogen-bond donors (Lipinski definition) is 2. The van der Waals surface area contributed by atoms with Gasteiger partial charge in [0.2, 0.25) is 0 Å². The van der Waals surface area contributed by atoms with Crippen LogP contribution in [-0.2, 0) is 0 Å². The molecule has 0 aliphatic carbocycles. The maximum absolute atomic E-state index is 11.6. The molecule has 14 heavy (non-hydrogen) atoms. The molecule has 0 saturated carbocycles. The molecule has 0 fully saturated rings. The summed E-state index contributed by atoms with van der Waals surface area (Å²) in [6.45, 7) is 1.66. The molecule has 0 aliphatic heterocycles. The number of methoxy groups -OCH3 is 1. The molecule has 0 saturated heterocycles. The van der Waals surface area contributed by atoms with Crippen molar-refractivity contribution in [3.05, 3.63) is 16.3 Å². The molecule has 5 heteroatoms. The van der Waals surface area contributed by atoms with Crippen LogP contribution in [0.2, 0.25) is 0 Å². The fraction of sp³-hybridized carbons (Fsp3) is 0.444. The smallest absolute Gasteiger partial charge is 0.265 e. The van der Waals surface area contributed by atoms with Crippen LogP contribution in [0.1, 0.15) is 16.6 Å². The second-order valence-corrected chi connectivity index (χ2v) is 3.79. The van der Waals surface area contributed by atoms with E-state index < -0.39 is 0 Å². The Morgan fingerprint density at radius 1 is 1.79 bits per heavy atom. The Kier molecular flexibility index (Phi) is 3.91. The molecule has 1 atom stereocenters. The Labute approximate surface area is 86.5 Å². The molecule has 0 radical (unpaired) electrons. The number of aliphatic hydroxyl groups excluding tert-OH is 1. The van der Waals surface area contributed by atoms with Gasteiger partial charge in [-0.25, -0.2) is 0 Å². The van der Waals surface area contributed by atoms with Crippen LogP contribution in [0.4, 0.5) is 0 Å². The van der Waals surface area contributed by atoms with Crippen molar-refractivity contribution in [1.82, 2.24) is 5.32 Å². The molecular formula is C9H13NO3S. The van der Waals surface area contributed by atoms with Gasteiger partial charge in [0, 0.05) is 6.04 Å². The average Bonchev–Trinajstić information content (AvgIpc) is 2.65. The van der Waals surface area contributed by atoms with Crippen LogP contribution in [0.15, 0.2) is 11.4 Å².